The summed E-state index contributed by atoms with van der Waals surface area (Å²) in [7, 11) is -3.36. The van der Waals surface area contributed by atoms with E-state index >= 15 is 0 Å². The first kappa shape index (κ1) is 32.7. The molecule has 0 saturated carbocycles. The number of likely N-dealkylation sites (tertiary alicyclic amines) is 1. The number of nitrogens with one attached hydrogen (secondary N) is 2. The van der Waals surface area contributed by atoms with Crippen LogP contribution in [0.1, 0.15) is 60.0 Å². The standard InChI is InChI=1S/C30H34ClN5O7S/c1-30(2,3)43-29(39)36-14-11-21(12-15-36)42-24-16-19(18-44(4,40)41)7-9-22(24)27(37)34-23-6-5-13-32-26(23)28(38)35-25-10-8-20(31)17-33-25/h5-10,13,16-17,21H,11-12,14-15,18H2,1-4H3,(H,34,37)(H,33,35,38). The van der Waals surface area contributed by atoms with Gasteiger partial charge in [-0.05, 0) is 62.7 Å². The van der Waals surface area contributed by atoms with Crippen LogP contribution in [0.5, 0.6) is 5.75 Å². The molecule has 3 heterocycles. The zero-order chi connectivity index (χ0) is 32.1. The molecule has 234 valence electrons. The first-order valence-corrected chi connectivity index (χ1v) is 16.3. The van der Waals surface area contributed by atoms with Gasteiger partial charge in [0.25, 0.3) is 11.8 Å². The molecule has 0 unspecified atom stereocenters. The lowest BCUT2D eigenvalue weighted by molar-refractivity contribution is 0.0126. The summed E-state index contributed by atoms with van der Waals surface area (Å²) in [6.45, 7) is 6.18. The summed E-state index contributed by atoms with van der Waals surface area (Å²) in [6, 6.07) is 10.7. The number of sulfone groups is 1. The zero-order valence-electron chi connectivity index (χ0n) is 24.8. The Morgan fingerprint density at radius 2 is 1.75 bits per heavy atom. The van der Waals surface area contributed by atoms with E-state index < -0.39 is 33.3 Å². The molecule has 1 aliphatic heterocycles. The predicted molar refractivity (Wildman–Crippen MR) is 166 cm³/mol. The number of hydrogen-bond acceptors (Lipinski definition) is 9. The number of halogens is 1. The Morgan fingerprint density at radius 1 is 1.02 bits per heavy atom. The van der Waals surface area contributed by atoms with Crippen LogP contribution in [-0.4, -0.2) is 72.2 Å². The van der Waals surface area contributed by atoms with Gasteiger partial charge in [0.15, 0.2) is 15.5 Å². The van der Waals surface area contributed by atoms with Crippen molar-refractivity contribution in [3.8, 4) is 5.75 Å². The molecule has 1 saturated heterocycles. The molecule has 12 nitrogen and oxygen atoms in total. The van der Waals surface area contributed by atoms with Crippen molar-refractivity contribution in [3.63, 3.8) is 0 Å². The summed E-state index contributed by atoms with van der Waals surface area (Å²) in [5.74, 6) is -1.01. The van der Waals surface area contributed by atoms with Gasteiger partial charge < -0.3 is 25.0 Å². The normalized spacial score (nSPS) is 14.1. The minimum Gasteiger partial charge on any atom is -0.489 e. The number of pyridine rings is 2. The molecule has 1 aromatic carbocycles. The Balaban J connectivity index is 1.53. The molecule has 2 aromatic heterocycles. The number of carbonyl (C=O) groups excluding carboxylic acids is 3. The van der Waals surface area contributed by atoms with Gasteiger partial charge in [0.2, 0.25) is 0 Å². The third-order valence-electron chi connectivity index (χ3n) is 6.35. The molecule has 2 N–H and O–H groups in total. The van der Waals surface area contributed by atoms with Gasteiger partial charge in [0.05, 0.1) is 22.0 Å². The fraction of sp³-hybridized carbons (Fsp3) is 0.367. The third kappa shape index (κ3) is 9.38. The van der Waals surface area contributed by atoms with E-state index in [4.69, 9.17) is 21.1 Å². The van der Waals surface area contributed by atoms with E-state index in [0.29, 0.717) is 36.5 Å². The Labute approximate surface area is 261 Å². The smallest absolute Gasteiger partial charge is 0.410 e. The van der Waals surface area contributed by atoms with Crippen LogP contribution in [0.15, 0.2) is 54.9 Å². The van der Waals surface area contributed by atoms with E-state index in [0.717, 1.165) is 6.26 Å². The number of nitrogens with zero attached hydrogens (tertiary/aromatic N) is 3. The number of hydrogen-bond donors (Lipinski definition) is 2. The highest BCUT2D eigenvalue weighted by atomic mass is 35.5. The number of anilines is 2. The van der Waals surface area contributed by atoms with Crippen LogP contribution in [0.2, 0.25) is 5.02 Å². The Morgan fingerprint density at radius 3 is 2.39 bits per heavy atom. The molecule has 0 bridgehead atoms. The minimum atomic E-state index is -3.36. The van der Waals surface area contributed by atoms with Crippen LogP contribution >= 0.6 is 11.6 Å². The van der Waals surface area contributed by atoms with E-state index in [1.807, 2.05) is 0 Å². The maximum atomic E-state index is 13.6. The zero-order valence-corrected chi connectivity index (χ0v) is 26.4. The fourth-order valence-corrected chi connectivity index (χ4v) is 5.31. The molecule has 0 atom stereocenters. The molecule has 3 amide bonds. The molecule has 1 aliphatic rings. The largest absolute Gasteiger partial charge is 0.489 e. The predicted octanol–water partition coefficient (Wildman–Crippen LogP) is 4.96. The summed E-state index contributed by atoms with van der Waals surface area (Å²) in [4.78, 5) is 48.8. The fourth-order valence-electron chi connectivity index (χ4n) is 4.41. The van der Waals surface area contributed by atoms with Crippen molar-refractivity contribution in [2.24, 2.45) is 0 Å². The van der Waals surface area contributed by atoms with E-state index in [-0.39, 0.29) is 40.4 Å². The van der Waals surface area contributed by atoms with Gasteiger partial charge >= 0.3 is 6.09 Å². The molecule has 3 aromatic rings. The van der Waals surface area contributed by atoms with Gasteiger partial charge in [0.1, 0.15) is 23.3 Å². The molecule has 4 rings (SSSR count). The van der Waals surface area contributed by atoms with Crippen LogP contribution < -0.4 is 15.4 Å². The van der Waals surface area contributed by atoms with E-state index in [1.54, 1.807) is 37.8 Å². The average Bonchev–Trinajstić information content (AvgIpc) is 2.93. The lowest BCUT2D eigenvalue weighted by Gasteiger charge is -2.33. The molecule has 14 heteroatoms. The SMILES string of the molecule is CC(C)(C)OC(=O)N1CCC(Oc2cc(CS(C)(=O)=O)ccc2C(=O)Nc2cccnc2C(=O)Nc2ccc(Cl)cn2)CC1. The summed E-state index contributed by atoms with van der Waals surface area (Å²) < 4.78 is 35.7. The van der Waals surface area contributed by atoms with Crippen LogP contribution in [0.25, 0.3) is 0 Å². The van der Waals surface area contributed by atoms with E-state index in [9.17, 15) is 22.8 Å². The lowest BCUT2D eigenvalue weighted by atomic mass is 10.1. The number of rotatable bonds is 8. The summed E-state index contributed by atoms with van der Waals surface area (Å²) in [6.07, 6.45) is 4.11. The van der Waals surface area contributed by atoms with Crippen molar-refractivity contribution in [1.82, 2.24) is 14.9 Å². The van der Waals surface area contributed by atoms with Crippen molar-refractivity contribution in [2.45, 2.75) is 51.1 Å². The van der Waals surface area contributed by atoms with Crippen molar-refractivity contribution >= 4 is 50.9 Å². The van der Waals surface area contributed by atoms with Gasteiger partial charge in [0, 0.05) is 44.6 Å². The molecule has 1 fully saturated rings. The van der Waals surface area contributed by atoms with Crippen LogP contribution in [-0.2, 0) is 20.3 Å². The summed E-state index contributed by atoms with van der Waals surface area (Å²) >= 11 is 5.87. The molecular formula is C30H34ClN5O7S. The minimum absolute atomic E-state index is 0.0525. The van der Waals surface area contributed by atoms with Crippen LogP contribution in [0.4, 0.5) is 16.3 Å². The van der Waals surface area contributed by atoms with Crippen molar-refractivity contribution < 1.29 is 32.3 Å². The molecular weight excluding hydrogens is 610 g/mol. The third-order valence-corrected chi connectivity index (χ3v) is 7.43. The number of amides is 3. The Hall–Kier alpha value is -4.23. The first-order valence-electron chi connectivity index (χ1n) is 13.8. The number of benzene rings is 1. The van der Waals surface area contributed by atoms with Gasteiger partial charge in [-0.25, -0.2) is 23.2 Å². The Kier molecular flexibility index (Phi) is 10.1. The van der Waals surface area contributed by atoms with Gasteiger partial charge in [-0.3, -0.25) is 9.59 Å². The summed E-state index contributed by atoms with van der Waals surface area (Å²) in [5.41, 5.74) is 0.0477. The lowest BCUT2D eigenvalue weighted by Crippen LogP contribution is -2.44. The van der Waals surface area contributed by atoms with Gasteiger partial charge in [-0.1, -0.05) is 17.7 Å². The first-order chi connectivity index (χ1) is 20.7. The quantitative estimate of drug-likeness (QED) is 0.346. The van der Waals surface area contributed by atoms with Crippen LogP contribution in [0.3, 0.4) is 0 Å². The van der Waals surface area contributed by atoms with Crippen molar-refractivity contribution in [3.05, 3.63) is 76.7 Å². The average molecular weight is 644 g/mol. The molecule has 0 spiro atoms. The molecule has 0 radical (unpaired) electrons. The molecule has 0 aliphatic carbocycles. The highest BCUT2D eigenvalue weighted by molar-refractivity contribution is 7.89. The maximum Gasteiger partial charge on any atom is 0.410 e. The maximum absolute atomic E-state index is 13.6. The monoisotopic (exact) mass is 643 g/mol. The highest BCUT2D eigenvalue weighted by Crippen LogP contribution is 2.28. The summed E-state index contributed by atoms with van der Waals surface area (Å²) in [5, 5.41) is 5.74. The van der Waals surface area contributed by atoms with E-state index in [2.05, 4.69) is 20.6 Å². The topological polar surface area (TPSA) is 157 Å². The second-order valence-electron chi connectivity index (χ2n) is 11.4. The number of carbonyl (C=O) groups is 3. The number of aromatic nitrogens is 2. The Bertz CT molecular complexity index is 1630. The van der Waals surface area contributed by atoms with Gasteiger partial charge in [-0.2, -0.15) is 0 Å². The second-order valence-corrected chi connectivity index (χ2v) is 13.9. The number of piperidine rings is 1. The second kappa shape index (κ2) is 13.6. The number of ether oxygens (including phenoxy) is 2. The molecule has 44 heavy (non-hydrogen) atoms. The van der Waals surface area contributed by atoms with Crippen molar-refractivity contribution in [1.29, 1.82) is 0 Å². The van der Waals surface area contributed by atoms with Gasteiger partial charge in [-0.15, -0.1) is 0 Å². The van der Waals surface area contributed by atoms with E-state index in [1.165, 1.54) is 42.7 Å². The highest BCUT2D eigenvalue weighted by Gasteiger charge is 2.29. The van der Waals surface area contributed by atoms with Crippen molar-refractivity contribution in [2.75, 3.05) is 30.0 Å². The van der Waals surface area contributed by atoms with Crippen LogP contribution in [0, 0.1) is 0 Å².